The molecule has 0 saturated carbocycles. The number of benzene rings is 1. The molecule has 6 heteroatoms. The minimum absolute atomic E-state index is 0.114. The molecule has 1 aliphatic heterocycles. The van der Waals surface area contributed by atoms with Crippen molar-refractivity contribution >= 4 is 17.4 Å². The Kier molecular flexibility index (Phi) is 2.45. The number of rotatable bonds is 2. The van der Waals surface area contributed by atoms with Crippen LogP contribution in [0.3, 0.4) is 0 Å². The van der Waals surface area contributed by atoms with Crippen LogP contribution in [-0.4, -0.2) is 21.9 Å². The highest BCUT2D eigenvalue weighted by Crippen LogP contribution is 2.33. The highest BCUT2D eigenvalue weighted by Gasteiger charge is 2.37. The van der Waals surface area contributed by atoms with E-state index in [0.717, 1.165) is 5.56 Å². The van der Waals surface area contributed by atoms with Gasteiger partial charge in [-0.15, -0.1) is 10.2 Å². The van der Waals surface area contributed by atoms with Crippen LogP contribution in [0, 0.1) is 13.8 Å². The second-order valence-corrected chi connectivity index (χ2v) is 4.41. The quantitative estimate of drug-likeness (QED) is 0.760. The number of nitrogens with zero attached hydrogens (tertiary/aromatic N) is 3. The molecule has 0 saturated heterocycles. The average molecular weight is 257 g/mol. The summed E-state index contributed by atoms with van der Waals surface area (Å²) in [7, 11) is 0. The van der Waals surface area contributed by atoms with Crippen LogP contribution in [0.15, 0.2) is 22.6 Å². The lowest BCUT2D eigenvalue weighted by Crippen LogP contribution is -2.29. The molecule has 0 N–H and O–H groups in total. The molecular weight excluding hydrogens is 246 g/mol. The van der Waals surface area contributed by atoms with Crippen molar-refractivity contribution in [3.63, 3.8) is 0 Å². The molecule has 19 heavy (non-hydrogen) atoms. The summed E-state index contributed by atoms with van der Waals surface area (Å²) in [6.45, 7) is 3.65. The first kappa shape index (κ1) is 11.6. The van der Waals surface area contributed by atoms with E-state index in [1.807, 2.05) is 13.0 Å². The van der Waals surface area contributed by atoms with Crippen LogP contribution >= 0.6 is 0 Å². The van der Waals surface area contributed by atoms with E-state index in [2.05, 4.69) is 10.2 Å². The molecule has 3 rings (SSSR count). The zero-order chi connectivity index (χ0) is 13.6. The van der Waals surface area contributed by atoms with Gasteiger partial charge in [-0.2, -0.15) is 0 Å². The maximum absolute atomic E-state index is 12.0. The lowest BCUT2D eigenvalue weighted by Gasteiger charge is -2.15. The Hall–Kier alpha value is -2.50. The molecule has 2 aromatic rings. The molecule has 0 aliphatic carbocycles. The summed E-state index contributed by atoms with van der Waals surface area (Å²) in [4.78, 5) is 25.3. The third-order valence-corrected chi connectivity index (χ3v) is 3.05. The number of anilines is 1. The Morgan fingerprint density at radius 3 is 2.68 bits per heavy atom. The predicted molar refractivity (Wildman–Crippen MR) is 65.7 cm³/mol. The van der Waals surface area contributed by atoms with Gasteiger partial charge < -0.3 is 4.42 Å². The predicted octanol–water partition coefficient (Wildman–Crippen LogP) is 1.42. The smallest absolute Gasteiger partial charge is 0.299 e. The minimum atomic E-state index is -0.555. The van der Waals surface area contributed by atoms with Crippen LogP contribution in [0.5, 0.6) is 0 Å². The zero-order valence-electron chi connectivity index (χ0n) is 10.5. The van der Waals surface area contributed by atoms with Crippen molar-refractivity contribution in [1.29, 1.82) is 0 Å². The number of para-hydroxylation sites is 1. The number of fused-ring (bicyclic) bond motifs is 1. The van der Waals surface area contributed by atoms with E-state index in [9.17, 15) is 9.59 Å². The second-order valence-electron chi connectivity index (χ2n) is 4.41. The Balaban J connectivity index is 2.04. The lowest BCUT2D eigenvalue weighted by molar-refractivity contribution is -0.114. The molecule has 0 unspecified atom stereocenters. The summed E-state index contributed by atoms with van der Waals surface area (Å²) < 4.78 is 5.26. The summed E-state index contributed by atoms with van der Waals surface area (Å²) in [6.07, 6.45) is 0. The van der Waals surface area contributed by atoms with Crippen molar-refractivity contribution in [3.05, 3.63) is 41.1 Å². The van der Waals surface area contributed by atoms with E-state index in [1.165, 1.54) is 4.90 Å². The number of carbonyl (C=O) groups excluding carboxylic acids is 2. The van der Waals surface area contributed by atoms with Gasteiger partial charge in [0.2, 0.25) is 11.8 Å². The van der Waals surface area contributed by atoms with Crippen molar-refractivity contribution in [2.75, 3.05) is 4.90 Å². The van der Waals surface area contributed by atoms with Crippen molar-refractivity contribution < 1.29 is 14.0 Å². The highest BCUT2D eigenvalue weighted by atomic mass is 16.4. The molecule has 0 spiro atoms. The van der Waals surface area contributed by atoms with Crippen LogP contribution in [0.1, 0.15) is 27.7 Å². The number of aryl methyl sites for hydroxylation is 2. The fourth-order valence-corrected chi connectivity index (χ4v) is 2.23. The molecule has 0 radical (unpaired) electrons. The summed E-state index contributed by atoms with van der Waals surface area (Å²) in [6, 6.07) is 5.28. The minimum Gasteiger partial charge on any atom is -0.424 e. The number of Topliss-reactive ketones (excluding diaryl/α,β-unsaturated/α-hetero) is 1. The average Bonchev–Trinajstić information content (AvgIpc) is 2.89. The van der Waals surface area contributed by atoms with Gasteiger partial charge in [-0.05, 0) is 18.6 Å². The molecule has 96 valence electrons. The maximum atomic E-state index is 12.0. The summed E-state index contributed by atoms with van der Waals surface area (Å²) in [5.41, 5.74) is 1.93. The van der Waals surface area contributed by atoms with Gasteiger partial charge in [0.05, 0.1) is 11.3 Å². The van der Waals surface area contributed by atoms with E-state index in [-0.39, 0.29) is 6.54 Å². The molecule has 6 nitrogen and oxygen atoms in total. The fourth-order valence-electron chi connectivity index (χ4n) is 2.23. The van der Waals surface area contributed by atoms with Gasteiger partial charge in [0.15, 0.2) is 0 Å². The summed E-state index contributed by atoms with van der Waals surface area (Å²) in [5.74, 6) is -0.303. The molecule has 1 aromatic heterocycles. The van der Waals surface area contributed by atoms with Crippen molar-refractivity contribution in [1.82, 2.24) is 10.2 Å². The van der Waals surface area contributed by atoms with Crippen LogP contribution in [-0.2, 0) is 11.3 Å². The van der Waals surface area contributed by atoms with E-state index < -0.39 is 11.7 Å². The maximum Gasteiger partial charge on any atom is 0.299 e. The molecule has 1 aliphatic rings. The van der Waals surface area contributed by atoms with Gasteiger partial charge in [0.25, 0.3) is 11.7 Å². The fraction of sp³-hybridized carbons (Fsp3) is 0.231. The van der Waals surface area contributed by atoms with E-state index in [1.54, 1.807) is 19.1 Å². The molecule has 0 bridgehead atoms. The first-order valence-corrected chi connectivity index (χ1v) is 5.82. The van der Waals surface area contributed by atoms with Gasteiger partial charge in [0, 0.05) is 6.92 Å². The lowest BCUT2D eigenvalue weighted by atomic mass is 10.1. The molecule has 2 heterocycles. The largest absolute Gasteiger partial charge is 0.424 e. The standard InChI is InChI=1S/C13H11N3O3/c1-7-4-3-5-9-11(7)16(13(18)12(9)17)6-10-15-14-8(2)19-10/h3-5H,6H2,1-2H3. The van der Waals surface area contributed by atoms with Gasteiger partial charge in [-0.25, -0.2) is 0 Å². The molecule has 0 fully saturated rings. The van der Waals surface area contributed by atoms with Crippen molar-refractivity contribution in [3.8, 4) is 0 Å². The van der Waals surface area contributed by atoms with E-state index >= 15 is 0 Å². The number of hydrogen-bond acceptors (Lipinski definition) is 5. The third-order valence-electron chi connectivity index (χ3n) is 3.05. The number of amides is 1. The summed E-state index contributed by atoms with van der Waals surface area (Å²) in [5, 5.41) is 7.56. The Morgan fingerprint density at radius 1 is 1.21 bits per heavy atom. The van der Waals surface area contributed by atoms with Crippen LogP contribution in [0.25, 0.3) is 0 Å². The Bertz CT molecular complexity index is 690. The third kappa shape index (κ3) is 1.72. The normalized spacial score (nSPS) is 14.1. The van der Waals surface area contributed by atoms with E-state index in [4.69, 9.17) is 4.42 Å². The van der Waals surface area contributed by atoms with Gasteiger partial charge in [0.1, 0.15) is 6.54 Å². The van der Waals surface area contributed by atoms with Crippen LogP contribution < -0.4 is 4.90 Å². The Labute approximate surface area is 109 Å². The van der Waals surface area contributed by atoms with Crippen molar-refractivity contribution in [2.45, 2.75) is 20.4 Å². The Morgan fingerprint density at radius 2 is 2.00 bits per heavy atom. The summed E-state index contributed by atoms with van der Waals surface area (Å²) >= 11 is 0. The van der Waals surface area contributed by atoms with Gasteiger partial charge in [-0.3, -0.25) is 14.5 Å². The molecule has 1 aromatic carbocycles. The van der Waals surface area contributed by atoms with Crippen LogP contribution in [0.4, 0.5) is 5.69 Å². The SMILES string of the molecule is Cc1nnc(CN2C(=O)C(=O)c3cccc(C)c32)o1. The molecule has 0 atom stereocenters. The number of hydrogen-bond donors (Lipinski definition) is 0. The number of aromatic nitrogens is 2. The van der Waals surface area contributed by atoms with E-state index in [0.29, 0.717) is 23.0 Å². The van der Waals surface area contributed by atoms with Gasteiger partial charge >= 0.3 is 0 Å². The van der Waals surface area contributed by atoms with Crippen LogP contribution in [0.2, 0.25) is 0 Å². The monoisotopic (exact) mass is 257 g/mol. The first-order valence-electron chi connectivity index (χ1n) is 5.82. The van der Waals surface area contributed by atoms with Gasteiger partial charge in [-0.1, -0.05) is 12.1 Å². The molecular formula is C13H11N3O3. The number of carbonyl (C=O) groups is 2. The highest BCUT2D eigenvalue weighted by molar-refractivity contribution is 6.52. The number of ketones is 1. The first-order chi connectivity index (χ1) is 9.08. The van der Waals surface area contributed by atoms with Crippen molar-refractivity contribution in [2.24, 2.45) is 0 Å². The molecule has 1 amide bonds. The second kappa shape index (κ2) is 4.01. The zero-order valence-corrected chi connectivity index (χ0v) is 10.5. The topological polar surface area (TPSA) is 76.3 Å².